The number of para-hydroxylation sites is 1. The minimum atomic E-state index is -0.0382. The predicted octanol–water partition coefficient (Wildman–Crippen LogP) is 4.67. The number of hydrogen-bond donors (Lipinski definition) is 2. The maximum absolute atomic E-state index is 12.9. The largest absolute Gasteiger partial charge is 0.355 e. The molecule has 2 aromatic carbocycles. The number of hydrogen-bond acceptors (Lipinski definition) is 4. The van der Waals surface area contributed by atoms with Crippen LogP contribution in [0.3, 0.4) is 0 Å². The van der Waals surface area contributed by atoms with Crippen LogP contribution in [0.25, 0.3) is 5.69 Å². The maximum Gasteiger partial charge on any atom is 0.224 e. The minimum Gasteiger partial charge on any atom is -0.355 e. The van der Waals surface area contributed by atoms with Gasteiger partial charge in [0, 0.05) is 32.0 Å². The van der Waals surface area contributed by atoms with E-state index < -0.39 is 0 Å². The van der Waals surface area contributed by atoms with Gasteiger partial charge in [0.2, 0.25) is 11.8 Å². The van der Waals surface area contributed by atoms with Crippen LogP contribution in [0.5, 0.6) is 0 Å². The van der Waals surface area contributed by atoms with Crippen LogP contribution >= 0.6 is 0 Å². The van der Waals surface area contributed by atoms with Gasteiger partial charge in [0.05, 0.1) is 11.4 Å². The van der Waals surface area contributed by atoms with Crippen LogP contribution in [0, 0.1) is 12.8 Å². The van der Waals surface area contributed by atoms with Crippen LogP contribution in [0.2, 0.25) is 0 Å². The van der Waals surface area contributed by atoms with Gasteiger partial charge in [-0.2, -0.15) is 5.10 Å². The summed E-state index contributed by atoms with van der Waals surface area (Å²) < 4.78 is 1.91. The van der Waals surface area contributed by atoms with E-state index in [-0.39, 0.29) is 23.7 Å². The first-order valence-electron chi connectivity index (χ1n) is 12.5. The van der Waals surface area contributed by atoms with Crippen molar-refractivity contribution in [3.63, 3.8) is 0 Å². The quantitative estimate of drug-likeness (QED) is 0.499. The van der Waals surface area contributed by atoms with E-state index in [1.807, 2.05) is 67.1 Å². The molecule has 1 aliphatic rings. The molecule has 2 N–H and O–H groups in total. The Morgan fingerprint density at radius 3 is 2.29 bits per heavy atom. The van der Waals surface area contributed by atoms with Crippen molar-refractivity contribution in [2.24, 2.45) is 5.92 Å². The second kappa shape index (κ2) is 11.2. The Morgan fingerprint density at radius 1 is 1.03 bits per heavy atom. The number of carbonyl (C=O) groups is 2. The Balaban J connectivity index is 1.45. The molecule has 7 nitrogen and oxygen atoms in total. The van der Waals surface area contributed by atoms with Crippen molar-refractivity contribution in [3.05, 3.63) is 71.9 Å². The van der Waals surface area contributed by atoms with Crippen LogP contribution in [0.4, 0.5) is 11.5 Å². The summed E-state index contributed by atoms with van der Waals surface area (Å²) >= 11 is 0. The van der Waals surface area contributed by atoms with Gasteiger partial charge in [0.15, 0.2) is 5.82 Å². The number of amides is 2. The monoisotopic (exact) mass is 473 g/mol. The number of rotatable bonds is 8. The first kappa shape index (κ1) is 24.5. The maximum atomic E-state index is 12.9. The van der Waals surface area contributed by atoms with Crippen LogP contribution in [-0.4, -0.2) is 41.2 Å². The van der Waals surface area contributed by atoms with Crippen molar-refractivity contribution in [2.75, 3.05) is 29.9 Å². The Bertz CT molecular complexity index is 1130. The summed E-state index contributed by atoms with van der Waals surface area (Å²) in [5.41, 5.74) is 3.70. The van der Waals surface area contributed by atoms with E-state index in [0.717, 1.165) is 48.8 Å². The van der Waals surface area contributed by atoms with Gasteiger partial charge in [0.1, 0.15) is 5.69 Å². The Kier molecular flexibility index (Phi) is 7.85. The lowest BCUT2D eigenvalue weighted by Crippen LogP contribution is -2.42. The van der Waals surface area contributed by atoms with Crippen molar-refractivity contribution < 1.29 is 9.59 Å². The highest BCUT2D eigenvalue weighted by atomic mass is 16.2. The molecule has 0 radical (unpaired) electrons. The summed E-state index contributed by atoms with van der Waals surface area (Å²) in [7, 11) is 0. The van der Waals surface area contributed by atoms with Gasteiger partial charge >= 0.3 is 0 Å². The van der Waals surface area contributed by atoms with Crippen LogP contribution in [-0.2, 0) is 9.59 Å². The highest BCUT2D eigenvalue weighted by Crippen LogP contribution is 2.35. The molecule has 35 heavy (non-hydrogen) atoms. The Hall–Kier alpha value is -3.61. The average molecular weight is 474 g/mol. The molecule has 0 saturated carbocycles. The number of anilines is 2. The van der Waals surface area contributed by atoms with Crippen LogP contribution < -0.4 is 15.5 Å². The fourth-order valence-corrected chi connectivity index (χ4v) is 4.58. The number of aryl methyl sites for hydroxylation is 1. The summed E-state index contributed by atoms with van der Waals surface area (Å²) in [6, 6.07) is 20.2. The molecule has 1 aliphatic heterocycles. The second-order valence-corrected chi connectivity index (χ2v) is 9.25. The predicted molar refractivity (Wildman–Crippen MR) is 140 cm³/mol. The Morgan fingerprint density at radius 2 is 1.66 bits per heavy atom. The molecule has 1 unspecified atom stereocenters. The van der Waals surface area contributed by atoms with Gasteiger partial charge in [-0.15, -0.1) is 0 Å². The van der Waals surface area contributed by atoms with Crippen LogP contribution in [0.15, 0.2) is 60.7 Å². The van der Waals surface area contributed by atoms with Crippen molar-refractivity contribution in [3.8, 4) is 5.69 Å². The van der Waals surface area contributed by atoms with Crippen molar-refractivity contribution in [2.45, 2.75) is 46.0 Å². The second-order valence-electron chi connectivity index (χ2n) is 9.25. The Labute approximate surface area is 207 Å². The molecule has 0 spiro atoms. The summed E-state index contributed by atoms with van der Waals surface area (Å²) in [5, 5.41) is 11.0. The molecule has 3 aromatic rings. The van der Waals surface area contributed by atoms with Gasteiger partial charge in [-0.1, -0.05) is 62.4 Å². The molecular weight excluding hydrogens is 438 g/mol. The number of nitrogens with one attached hydrogen (secondary N) is 2. The molecule has 7 heteroatoms. The fourth-order valence-electron chi connectivity index (χ4n) is 4.58. The van der Waals surface area contributed by atoms with Gasteiger partial charge in [-0.3, -0.25) is 9.59 Å². The highest BCUT2D eigenvalue weighted by Gasteiger charge is 2.30. The van der Waals surface area contributed by atoms with E-state index in [4.69, 9.17) is 5.10 Å². The summed E-state index contributed by atoms with van der Waals surface area (Å²) in [6.45, 7) is 7.98. The van der Waals surface area contributed by atoms with Crippen molar-refractivity contribution in [1.82, 2.24) is 15.1 Å². The molecule has 0 bridgehead atoms. The third kappa shape index (κ3) is 5.73. The highest BCUT2D eigenvalue weighted by molar-refractivity contribution is 5.94. The molecule has 184 valence electrons. The summed E-state index contributed by atoms with van der Waals surface area (Å²) in [6.07, 6.45) is 1.91. The van der Waals surface area contributed by atoms with E-state index in [1.54, 1.807) is 0 Å². The molecule has 0 aliphatic carbocycles. The van der Waals surface area contributed by atoms with Gasteiger partial charge < -0.3 is 15.5 Å². The molecule has 1 fully saturated rings. The molecule has 4 rings (SSSR count). The number of piperidine rings is 1. The van der Waals surface area contributed by atoms with Gasteiger partial charge in [-0.05, 0) is 43.4 Å². The summed E-state index contributed by atoms with van der Waals surface area (Å²) in [5.74, 6) is 1.22. The minimum absolute atomic E-state index is 0.0166. The molecule has 1 saturated heterocycles. The summed E-state index contributed by atoms with van der Waals surface area (Å²) in [4.78, 5) is 27.4. The van der Waals surface area contributed by atoms with E-state index in [9.17, 15) is 9.59 Å². The molecular formula is C28H35N5O2. The number of aromatic nitrogens is 2. The zero-order valence-electron chi connectivity index (χ0n) is 20.8. The third-order valence-electron chi connectivity index (χ3n) is 6.74. The SMILES string of the molecule is CCC(=O)Nc1c(C)nn(-c2ccccc2)c1N1CCC(C(=O)NCC(C)c2ccccc2)CC1. The average Bonchev–Trinajstić information content (AvgIpc) is 3.23. The van der Waals surface area contributed by atoms with Gasteiger partial charge in [-0.25, -0.2) is 4.68 Å². The fraction of sp³-hybridized carbons (Fsp3) is 0.393. The zero-order valence-corrected chi connectivity index (χ0v) is 20.8. The van der Waals surface area contributed by atoms with Crippen LogP contribution in [0.1, 0.15) is 50.3 Å². The smallest absolute Gasteiger partial charge is 0.224 e. The first-order valence-corrected chi connectivity index (χ1v) is 12.5. The van der Waals surface area contributed by atoms with E-state index in [1.165, 1.54) is 5.56 Å². The van der Waals surface area contributed by atoms with E-state index >= 15 is 0 Å². The molecule has 2 amide bonds. The number of nitrogens with zero attached hydrogens (tertiary/aromatic N) is 3. The zero-order chi connectivity index (χ0) is 24.8. The number of benzene rings is 2. The standard InChI is InChI=1S/C28H35N5O2/c1-4-25(34)30-26-21(3)31-33(24-13-9-6-10-14-24)28(26)32-17-15-23(16-18-32)27(35)29-19-20(2)22-11-7-5-8-12-22/h5-14,20,23H,4,15-19H2,1-3H3,(H,29,35)(H,30,34). The van der Waals surface area contributed by atoms with Crippen molar-refractivity contribution in [1.29, 1.82) is 0 Å². The van der Waals surface area contributed by atoms with Gasteiger partial charge in [0.25, 0.3) is 0 Å². The first-order chi connectivity index (χ1) is 17.0. The molecule has 1 aromatic heterocycles. The number of carbonyl (C=O) groups excluding carboxylic acids is 2. The lowest BCUT2D eigenvalue weighted by Gasteiger charge is -2.34. The van der Waals surface area contributed by atoms with Crippen molar-refractivity contribution >= 4 is 23.3 Å². The molecule has 2 heterocycles. The lowest BCUT2D eigenvalue weighted by molar-refractivity contribution is -0.125. The normalized spacial score (nSPS) is 15.0. The lowest BCUT2D eigenvalue weighted by atomic mass is 9.95. The topological polar surface area (TPSA) is 79.3 Å². The van der Waals surface area contributed by atoms with E-state index in [2.05, 4.69) is 34.6 Å². The molecule has 1 atom stereocenters. The van der Waals surface area contributed by atoms with E-state index in [0.29, 0.717) is 13.0 Å². The third-order valence-corrected chi connectivity index (χ3v) is 6.74.